The van der Waals surface area contributed by atoms with Crippen LogP contribution in [0, 0.1) is 5.82 Å². The topological polar surface area (TPSA) is 85.8 Å². The van der Waals surface area contributed by atoms with Crippen LogP contribution in [0.2, 0.25) is 0 Å². The third kappa shape index (κ3) is 2.85. The SMILES string of the molecule is CC[C@@H](C)NC(=O)c1c(N)n(-c2ccccc2F)c2nc3ccccc3nc12. The minimum atomic E-state index is -0.463. The summed E-state index contributed by atoms with van der Waals surface area (Å²) in [6.07, 6.45) is 0.770. The summed E-state index contributed by atoms with van der Waals surface area (Å²) >= 11 is 0. The maximum atomic E-state index is 14.5. The van der Waals surface area contributed by atoms with Gasteiger partial charge in [-0.25, -0.2) is 14.4 Å². The molecule has 7 heteroatoms. The molecule has 3 N–H and O–H groups in total. The number of nitrogens with one attached hydrogen (secondary N) is 1. The van der Waals surface area contributed by atoms with E-state index in [0.717, 1.165) is 6.42 Å². The maximum Gasteiger partial charge on any atom is 0.257 e. The van der Waals surface area contributed by atoms with Gasteiger partial charge in [0, 0.05) is 6.04 Å². The number of anilines is 1. The Hall–Kier alpha value is -3.48. The highest BCUT2D eigenvalue weighted by molar-refractivity contribution is 6.11. The molecule has 2 heterocycles. The van der Waals surface area contributed by atoms with Crippen molar-refractivity contribution >= 4 is 33.9 Å². The van der Waals surface area contributed by atoms with Crippen LogP contribution in [-0.2, 0) is 0 Å². The molecule has 0 bridgehead atoms. The van der Waals surface area contributed by atoms with Crippen molar-refractivity contribution in [3.8, 4) is 5.69 Å². The number of fused-ring (bicyclic) bond motifs is 2. The molecule has 0 aliphatic heterocycles. The number of hydrogen-bond donors (Lipinski definition) is 2. The molecule has 0 spiro atoms. The second-order valence-electron chi connectivity index (χ2n) is 6.71. The molecule has 2 aromatic heterocycles. The van der Waals surface area contributed by atoms with Crippen LogP contribution in [0.15, 0.2) is 48.5 Å². The number of aromatic nitrogens is 3. The maximum absolute atomic E-state index is 14.5. The number of rotatable bonds is 4. The highest BCUT2D eigenvalue weighted by atomic mass is 19.1. The Labute approximate surface area is 161 Å². The summed E-state index contributed by atoms with van der Waals surface area (Å²) in [5.41, 5.74) is 8.74. The van der Waals surface area contributed by atoms with Crippen molar-refractivity contribution in [2.24, 2.45) is 0 Å². The molecule has 0 fully saturated rings. The quantitative estimate of drug-likeness (QED) is 0.566. The number of benzene rings is 2. The number of para-hydroxylation sites is 3. The van der Waals surface area contributed by atoms with Gasteiger partial charge in [0.1, 0.15) is 22.7 Å². The molecule has 6 nitrogen and oxygen atoms in total. The normalized spacial score (nSPS) is 12.4. The van der Waals surface area contributed by atoms with Crippen LogP contribution < -0.4 is 11.1 Å². The third-order valence-electron chi connectivity index (χ3n) is 4.81. The highest BCUT2D eigenvalue weighted by Gasteiger charge is 2.26. The smallest absolute Gasteiger partial charge is 0.257 e. The van der Waals surface area contributed by atoms with Gasteiger partial charge in [0.05, 0.1) is 16.7 Å². The number of halogens is 1. The van der Waals surface area contributed by atoms with E-state index in [2.05, 4.69) is 15.3 Å². The molecule has 1 atom stereocenters. The first kappa shape index (κ1) is 17.9. The molecule has 0 saturated heterocycles. The van der Waals surface area contributed by atoms with Gasteiger partial charge in [0.25, 0.3) is 5.91 Å². The van der Waals surface area contributed by atoms with Crippen LogP contribution in [-0.4, -0.2) is 26.5 Å². The average Bonchev–Trinajstić information content (AvgIpc) is 2.97. The van der Waals surface area contributed by atoms with Crippen molar-refractivity contribution < 1.29 is 9.18 Å². The number of nitrogens with zero attached hydrogens (tertiary/aromatic N) is 3. The monoisotopic (exact) mass is 377 g/mol. The fourth-order valence-electron chi connectivity index (χ4n) is 3.16. The number of carbonyl (C=O) groups is 1. The Bertz CT molecular complexity index is 1200. The van der Waals surface area contributed by atoms with Gasteiger partial charge < -0.3 is 11.1 Å². The molecule has 4 rings (SSSR count). The Morgan fingerprint density at radius 2 is 1.79 bits per heavy atom. The lowest BCUT2D eigenvalue weighted by Gasteiger charge is -2.12. The Morgan fingerprint density at radius 3 is 2.46 bits per heavy atom. The van der Waals surface area contributed by atoms with Crippen molar-refractivity contribution in [2.75, 3.05) is 5.73 Å². The average molecular weight is 377 g/mol. The molecule has 142 valence electrons. The number of carbonyl (C=O) groups excluding carboxylic acids is 1. The van der Waals surface area contributed by atoms with Crippen LogP contribution >= 0.6 is 0 Å². The molecule has 0 aliphatic rings. The molecule has 1 amide bonds. The van der Waals surface area contributed by atoms with Crippen LogP contribution in [0.4, 0.5) is 10.2 Å². The molecule has 4 aromatic rings. The second-order valence-corrected chi connectivity index (χ2v) is 6.71. The summed E-state index contributed by atoms with van der Waals surface area (Å²) in [4.78, 5) is 22.2. The standard InChI is InChI=1S/C21H20FN5O/c1-3-12(2)24-21(28)17-18-20(26-15-10-6-5-9-14(15)25-18)27(19(17)23)16-11-7-4-8-13(16)22/h4-12H,3,23H2,1-2H3,(H,24,28)/t12-/m1/s1. The second kappa shape index (κ2) is 6.92. The fourth-order valence-corrected chi connectivity index (χ4v) is 3.16. The third-order valence-corrected chi connectivity index (χ3v) is 4.81. The Balaban J connectivity index is 2.06. The van der Waals surface area contributed by atoms with Crippen LogP contribution in [0.5, 0.6) is 0 Å². The van der Waals surface area contributed by atoms with Crippen molar-refractivity contribution in [3.05, 3.63) is 59.9 Å². The van der Waals surface area contributed by atoms with Crippen molar-refractivity contribution in [3.63, 3.8) is 0 Å². The summed E-state index contributed by atoms with van der Waals surface area (Å²) in [7, 11) is 0. The molecule has 0 radical (unpaired) electrons. The van der Waals surface area contributed by atoms with E-state index in [9.17, 15) is 9.18 Å². The van der Waals surface area contributed by atoms with E-state index in [4.69, 9.17) is 5.73 Å². The van der Waals surface area contributed by atoms with Gasteiger partial charge in [0.2, 0.25) is 0 Å². The summed E-state index contributed by atoms with van der Waals surface area (Å²) in [6, 6.07) is 13.5. The van der Waals surface area contributed by atoms with Crippen LogP contribution in [0.1, 0.15) is 30.6 Å². The Morgan fingerprint density at radius 1 is 1.14 bits per heavy atom. The van der Waals surface area contributed by atoms with Gasteiger partial charge in [-0.15, -0.1) is 0 Å². The summed E-state index contributed by atoms with van der Waals surface area (Å²) in [5.74, 6) is -0.706. The number of hydrogen-bond acceptors (Lipinski definition) is 4. The van der Waals surface area contributed by atoms with Gasteiger partial charge in [-0.1, -0.05) is 31.2 Å². The van der Waals surface area contributed by atoms with E-state index in [1.165, 1.54) is 10.6 Å². The summed E-state index contributed by atoms with van der Waals surface area (Å²) in [5, 5.41) is 2.91. The van der Waals surface area contributed by atoms with Crippen molar-refractivity contribution in [2.45, 2.75) is 26.3 Å². The fraction of sp³-hybridized carbons (Fsp3) is 0.190. The zero-order valence-corrected chi connectivity index (χ0v) is 15.6. The lowest BCUT2D eigenvalue weighted by atomic mass is 10.2. The number of amides is 1. The van der Waals surface area contributed by atoms with E-state index in [1.807, 2.05) is 38.1 Å². The highest BCUT2D eigenvalue weighted by Crippen LogP contribution is 2.31. The van der Waals surface area contributed by atoms with E-state index in [0.29, 0.717) is 22.2 Å². The van der Waals surface area contributed by atoms with Gasteiger partial charge in [-0.05, 0) is 37.6 Å². The predicted molar refractivity (Wildman–Crippen MR) is 108 cm³/mol. The summed E-state index contributed by atoms with van der Waals surface area (Å²) < 4.78 is 16.0. The first-order chi connectivity index (χ1) is 13.5. The van der Waals surface area contributed by atoms with Gasteiger partial charge in [-0.2, -0.15) is 0 Å². The molecule has 2 aromatic carbocycles. The molecule has 0 saturated carbocycles. The van der Waals surface area contributed by atoms with Gasteiger partial charge in [0.15, 0.2) is 5.65 Å². The Kier molecular flexibility index (Phi) is 4.43. The van der Waals surface area contributed by atoms with Crippen LogP contribution in [0.25, 0.3) is 27.9 Å². The first-order valence-corrected chi connectivity index (χ1v) is 9.13. The largest absolute Gasteiger partial charge is 0.384 e. The minimum absolute atomic E-state index is 0.0350. The van der Waals surface area contributed by atoms with E-state index in [1.54, 1.807) is 18.2 Å². The van der Waals surface area contributed by atoms with Gasteiger partial charge >= 0.3 is 0 Å². The summed E-state index contributed by atoms with van der Waals surface area (Å²) in [6.45, 7) is 3.88. The van der Waals surface area contributed by atoms with E-state index in [-0.39, 0.29) is 29.0 Å². The van der Waals surface area contributed by atoms with Crippen LogP contribution in [0.3, 0.4) is 0 Å². The van der Waals surface area contributed by atoms with E-state index >= 15 is 0 Å². The zero-order chi connectivity index (χ0) is 19.8. The molecule has 28 heavy (non-hydrogen) atoms. The predicted octanol–water partition coefficient (Wildman–Crippen LogP) is 3.82. The first-order valence-electron chi connectivity index (χ1n) is 9.13. The van der Waals surface area contributed by atoms with Crippen molar-refractivity contribution in [1.82, 2.24) is 19.9 Å². The minimum Gasteiger partial charge on any atom is -0.384 e. The lowest BCUT2D eigenvalue weighted by molar-refractivity contribution is 0.0941. The molecular formula is C21H20FN5O. The molecular weight excluding hydrogens is 357 g/mol. The van der Waals surface area contributed by atoms with Gasteiger partial charge in [-0.3, -0.25) is 9.36 Å². The molecule has 0 unspecified atom stereocenters. The number of nitrogen functional groups attached to an aromatic ring is 1. The number of nitrogens with two attached hydrogens (primary N) is 1. The van der Waals surface area contributed by atoms with E-state index < -0.39 is 5.82 Å². The van der Waals surface area contributed by atoms with Crippen molar-refractivity contribution in [1.29, 1.82) is 0 Å². The molecule has 0 aliphatic carbocycles. The zero-order valence-electron chi connectivity index (χ0n) is 15.6. The lowest BCUT2D eigenvalue weighted by Crippen LogP contribution is -2.32.